The molecule has 0 fully saturated rings. The number of nitrogens with one attached hydrogen (secondary N) is 1. The third-order valence-corrected chi connectivity index (χ3v) is 6.13. The second kappa shape index (κ2) is 9.43. The van der Waals surface area contributed by atoms with E-state index in [1.807, 2.05) is 0 Å². The molecule has 2 heterocycles. The van der Waals surface area contributed by atoms with Gasteiger partial charge in [0.1, 0.15) is 0 Å². The molecule has 0 atom stereocenters. The first-order valence-electron chi connectivity index (χ1n) is 9.98. The smallest absolute Gasteiger partial charge is 0.323 e. The molecule has 184 valence electrons. The van der Waals surface area contributed by atoms with Crippen molar-refractivity contribution < 1.29 is 31.1 Å². The first kappa shape index (κ1) is 25.8. The van der Waals surface area contributed by atoms with Crippen molar-refractivity contribution in [3.63, 3.8) is 0 Å². The van der Waals surface area contributed by atoms with Crippen LogP contribution in [-0.2, 0) is 30.2 Å². The minimum absolute atomic E-state index is 0.0627. The zero-order valence-electron chi connectivity index (χ0n) is 18.3. The van der Waals surface area contributed by atoms with Crippen LogP contribution in [0.2, 0.25) is 0 Å². The number of hydrogen-bond acceptors (Lipinski definition) is 3. The van der Waals surface area contributed by atoms with E-state index in [1.54, 1.807) is 19.9 Å². The lowest BCUT2D eigenvalue weighted by Gasteiger charge is -2.10. The van der Waals surface area contributed by atoms with E-state index in [4.69, 9.17) is 0 Å². The Morgan fingerprint density at radius 1 is 1.00 bits per heavy atom. The van der Waals surface area contributed by atoms with Crippen molar-refractivity contribution >= 4 is 27.5 Å². The highest BCUT2D eigenvalue weighted by molar-refractivity contribution is 9.10. The van der Waals surface area contributed by atoms with Gasteiger partial charge in [0.25, 0.3) is 0 Å². The number of hydrogen-bond donors (Lipinski definition) is 1. The van der Waals surface area contributed by atoms with Gasteiger partial charge < -0.3 is 5.32 Å². The van der Waals surface area contributed by atoms with E-state index in [-0.39, 0.29) is 29.7 Å². The minimum atomic E-state index is -4.63. The van der Waals surface area contributed by atoms with Crippen molar-refractivity contribution in [3.05, 3.63) is 62.6 Å². The van der Waals surface area contributed by atoms with Crippen LogP contribution in [0.4, 0.5) is 32.0 Å². The Morgan fingerprint density at radius 3 is 2.26 bits per heavy atom. The fourth-order valence-corrected chi connectivity index (χ4v) is 3.89. The number of aryl methyl sites for hydroxylation is 2. The summed E-state index contributed by atoms with van der Waals surface area (Å²) in [6, 6.07) is 4.87. The number of amides is 1. The SMILES string of the molecule is Cc1nn(Cc2cccc(C(F)(F)F)c2)c(C)c1NC(=O)CCn1nc(C(F)(F)F)c(Br)c1C. The summed E-state index contributed by atoms with van der Waals surface area (Å²) < 4.78 is 80.3. The van der Waals surface area contributed by atoms with Crippen molar-refractivity contribution in [2.24, 2.45) is 0 Å². The number of benzene rings is 1. The van der Waals surface area contributed by atoms with Gasteiger partial charge in [0.05, 0.1) is 45.9 Å². The highest BCUT2D eigenvalue weighted by Crippen LogP contribution is 2.35. The summed E-state index contributed by atoms with van der Waals surface area (Å²) in [6.45, 7) is 4.73. The second-order valence-corrected chi connectivity index (χ2v) is 8.46. The topological polar surface area (TPSA) is 64.7 Å². The average Bonchev–Trinajstić information content (AvgIpc) is 3.16. The standard InChI is InChI=1S/C21H20BrF6N5O/c1-11-18(13(3)33(30-11)10-14-5-4-6-15(9-14)20(23,24)25)29-16(34)7-8-32-12(2)17(22)19(31-32)21(26,27)28/h4-6,9H,7-8,10H2,1-3H3,(H,29,34). The first-order valence-corrected chi connectivity index (χ1v) is 10.8. The van der Waals surface area contributed by atoms with Gasteiger partial charge in [-0.2, -0.15) is 36.5 Å². The summed E-state index contributed by atoms with van der Waals surface area (Å²) >= 11 is 2.88. The number of carbonyl (C=O) groups is 1. The lowest BCUT2D eigenvalue weighted by molar-refractivity contribution is -0.142. The van der Waals surface area contributed by atoms with Crippen LogP contribution in [0.15, 0.2) is 28.7 Å². The minimum Gasteiger partial charge on any atom is -0.323 e. The average molecular weight is 552 g/mol. The molecule has 1 amide bonds. The van der Waals surface area contributed by atoms with Gasteiger partial charge in [0, 0.05) is 6.42 Å². The molecule has 0 spiro atoms. The third kappa shape index (κ3) is 5.62. The summed E-state index contributed by atoms with van der Waals surface area (Å²) in [5.41, 5.74) is 0.171. The number of anilines is 1. The van der Waals surface area contributed by atoms with Crippen LogP contribution >= 0.6 is 15.9 Å². The van der Waals surface area contributed by atoms with Crippen LogP contribution in [0.5, 0.6) is 0 Å². The zero-order valence-corrected chi connectivity index (χ0v) is 19.9. The van der Waals surface area contributed by atoms with Crippen molar-refractivity contribution in [2.75, 3.05) is 5.32 Å². The van der Waals surface area contributed by atoms with Crippen LogP contribution < -0.4 is 5.32 Å². The fraction of sp³-hybridized carbons (Fsp3) is 0.381. The zero-order chi connectivity index (χ0) is 25.4. The first-order chi connectivity index (χ1) is 15.7. The van der Waals surface area contributed by atoms with Crippen molar-refractivity contribution in [1.82, 2.24) is 19.6 Å². The van der Waals surface area contributed by atoms with Crippen LogP contribution in [0.25, 0.3) is 0 Å². The number of halogens is 7. The van der Waals surface area contributed by atoms with Gasteiger partial charge in [-0.25, -0.2) is 0 Å². The van der Waals surface area contributed by atoms with E-state index in [2.05, 4.69) is 31.4 Å². The lowest BCUT2D eigenvalue weighted by atomic mass is 10.1. The van der Waals surface area contributed by atoms with Crippen LogP contribution in [0.1, 0.15) is 40.3 Å². The fourth-order valence-electron chi connectivity index (χ4n) is 3.38. The van der Waals surface area contributed by atoms with Gasteiger partial charge in [-0.1, -0.05) is 12.1 Å². The van der Waals surface area contributed by atoms with E-state index in [9.17, 15) is 31.1 Å². The van der Waals surface area contributed by atoms with Gasteiger partial charge in [-0.05, 0) is 54.4 Å². The predicted molar refractivity (Wildman–Crippen MR) is 115 cm³/mol. The van der Waals surface area contributed by atoms with Crippen LogP contribution in [0.3, 0.4) is 0 Å². The molecule has 6 nitrogen and oxygen atoms in total. The van der Waals surface area contributed by atoms with E-state index >= 15 is 0 Å². The summed E-state index contributed by atoms with van der Waals surface area (Å²) in [5, 5.41) is 10.5. The van der Waals surface area contributed by atoms with Gasteiger partial charge in [-0.3, -0.25) is 14.2 Å². The van der Waals surface area contributed by atoms with Crippen LogP contribution in [-0.4, -0.2) is 25.5 Å². The Hall–Kier alpha value is -2.83. The second-order valence-electron chi connectivity index (χ2n) is 7.67. The molecule has 0 aliphatic carbocycles. The third-order valence-electron chi connectivity index (χ3n) is 5.19. The maximum absolute atomic E-state index is 13.0. The summed E-state index contributed by atoms with van der Waals surface area (Å²) in [4.78, 5) is 12.5. The Balaban J connectivity index is 1.70. The molecular weight excluding hydrogens is 532 g/mol. The molecular formula is C21H20BrF6N5O. The largest absolute Gasteiger partial charge is 0.436 e. The van der Waals surface area contributed by atoms with E-state index in [0.29, 0.717) is 22.6 Å². The highest BCUT2D eigenvalue weighted by atomic mass is 79.9. The number of alkyl halides is 6. The van der Waals surface area contributed by atoms with Crippen LogP contribution in [0, 0.1) is 20.8 Å². The summed E-state index contributed by atoms with van der Waals surface area (Å²) in [7, 11) is 0. The van der Waals surface area contributed by atoms with Gasteiger partial charge in [0.2, 0.25) is 5.91 Å². The van der Waals surface area contributed by atoms with Crippen molar-refractivity contribution in [3.8, 4) is 0 Å². The maximum Gasteiger partial charge on any atom is 0.436 e. The quantitative estimate of drug-likeness (QED) is 0.389. The molecule has 0 unspecified atom stereocenters. The normalized spacial score (nSPS) is 12.3. The molecule has 13 heteroatoms. The van der Waals surface area contributed by atoms with Crippen molar-refractivity contribution in [1.29, 1.82) is 0 Å². The maximum atomic E-state index is 13.0. The summed E-state index contributed by atoms with van der Waals surface area (Å²) in [5.74, 6) is -0.468. The molecule has 0 bridgehead atoms. The molecule has 0 aliphatic heterocycles. The van der Waals surface area contributed by atoms with Gasteiger partial charge in [-0.15, -0.1) is 0 Å². The number of rotatable bonds is 6. The molecule has 0 saturated carbocycles. The van der Waals surface area contributed by atoms with E-state index in [0.717, 1.165) is 16.8 Å². The number of carbonyl (C=O) groups excluding carboxylic acids is 1. The van der Waals surface area contributed by atoms with Gasteiger partial charge >= 0.3 is 12.4 Å². The number of nitrogens with zero attached hydrogens (tertiary/aromatic N) is 4. The molecule has 2 aromatic heterocycles. The summed E-state index contributed by atoms with van der Waals surface area (Å²) in [6.07, 6.45) is -9.24. The molecule has 3 rings (SSSR count). The lowest BCUT2D eigenvalue weighted by Crippen LogP contribution is -2.17. The molecule has 1 N–H and O–H groups in total. The van der Waals surface area contributed by atoms with E-state index < -0.39 is 29.5 Å². The Morgan fingerprint density at radius 2 is 1.68 bits per heavy atom. The molecule has 1 aromatic carbocycles. The molecule has 34 heavy (non-hydrogen) atoms. The highest BCUT2D eigenvalue weighted by Gasteiger charge is 2.38. The Labute approximate surface area is 199 Å². The Bertz CT molecular complexity index is 1210. The van der Waals surface area contributed by atoms with Crippen molar-refractivity contribution in [2.45, 2.75) is 52.6 Å². The molecule has 3 aromatic rings. The van der Waals surface area contributed by atoms with Gasteiger partial charge in [0.15, 0.2) is 5.69 Å². The molecule has 0 saturated heterocycles. The van der Waals surface area contributed by atoms with E-state index in [1.165, 1.54) is 17.7 Å². The molecule has 0 aliphatic rings. The predicted octanol–water partition coefficient (Wildman–Crippen LogP) is 5.88. The number of aromatic nitrogens is 4. The molecule has 0 radical (unpaired) electrons. The monoisotopic (exact) mass is 551 g/mol. The Kier molecular flexibility index (Phi) is 7.15.